The van der Waals surface area contributed by atoms with E-state index in [4.69, 9.17) is 5.26 Å². The number of hydrogen-bond acceptors (Lipinski definition) is 2. The zero-order chi connectivity index (χ0) is 9.14. The second kappa shape index (κ2) is 3.40. The van der Waals surface area contributed by atoms with Gasteiger partial charge in [0, 0.05) is 6.54 Å². The van der Waals surface area contributed by atoms with Crippen molar-refractivity contribution in [3.05, 3.63) is 17.0 Å². The Morgan fingerprint density at radius 2 is 2.17 bits per heavy atom. The topological polar surface area (TPSA) is 41.6 Å². The third kappa shape index (κ3) is 1.33. The normalized spacial score (nSPS) is 9.83. The van der Waals surface area contributed by atoms with Crippen molar-refractivity contribution in [2.45, 2.75) is 33.7 Å². The Bertz CT molecular complexity index is 317. The van der Waals surface area contributed by atoms with Gasteiger partial charge in [-0.15, -0.1) is 0 Å². The van der Waals surface area contributed by atoms with Crippen molar-refractivity contribution in [3.63, 3.8) is 0 Å². The monoisotopic (exact) mass is 163 g/mol. The van der Waals surface area contributed by atoms with Gasteiger partial charge in [-0.3, -0.25) is 4.68 Å². The predicted octanol–water partition coefficient (Wildman–Crippen LogP) is 1.78. The lowest BCUT2D eigenvalue weighted by Gasteiger charge is -1.99. The van der Waals surface area contributed by atoms with E-state index in [1.807, 2.05) is 18.5 Å². The molecular formula is C9H13N3. The van der Waals surface area contributed by atoms with Crippen LogP contribution in [0.5, 0.6) is 0 Å². The zero-order valence-electron chi connectivity index (χ0n) is 7.76. The van der Waals surface area contributed by atoms with Crippen LogP contribution >= 0.6 is 0 Å². The lowest BCUT2D eigenvalue weighted by atomic mass is 10.2. The van der Waals surface area contributed by atoms with Crippen LogP contribution in [0, 0.1) is 25.2 Å². The van der Waals surface area contributed by atoms with Gasteiger partial charge in [0.1, 0.15) is 6.07 Å². The Kier molecular flexibility index (Phi) is 2.49. The van der Waals surface area contributed by atoms with Crippen molar-refractivity contribution in [2.75, 3.05) is 0 Å². The molecule has 0 aliphatic heterocycles. The number of nitrogens with zero attached hydrogens (tertiary/aromatic N) is 3. The molecule has 0 N–H and O–H groups in total. The molecule has 1 heterocycles. The largest absolute Gasteiger partial charge is 0.268 e. The molecule has 3 nitrogen and oxygen atoms in total. The van der Waals surface area contributed by atoms with E-state index >= 15 is 0 Å². The van der Waals surface area contributed by atoms with Crippen LogP contribution < -0.4 is 0 Å². The van der Waals surface area contributed by atoms with E-state index in [0.717, 1.165) is 29.9 Å². The maximum absolute atomic E-state index is 8.78. The molecule has 0 aromatic carbocycles. The quantitative estimate of drug-likeness (QED) is 0.666. The zero-order valence-corrected chi connectivity index (χ0v) is 7.76. The highest BCUT2D eigenvalue weighted by atomic mass is 15.3. The molecule has 0 aliphatic carbocycles. The summed E-state index contributed by atoms with van der Waals surface area (Å²) in [4.78, 5) is 0. The van der Waals surface area contributed by atoms with E-state index in [9.17, 15) is 0 Å². The minimum absolute atomic E-state index is 0.725. The highest BCUT2D eigenvalue weighted by Crippen LogP contribution is 2.11. The van der Waals surface area contributed by atoms with Crippen molar-refractivity contribution < 1.29 is 0 Å². The Morgan fingerprint density at radius 3 is 2.58 bits per heavy atom. The molecule has 0 fully saturated rings. The van der Waals surface area contributed by atoms with Crippen molar-refractivity contribution in [3.8, 4) is 6.07 Å². The average Bonchev–Trinajstić information content (AvgIpc) is 2.29. The standard InChI is InChI=1S/C9H13N3/c1-4-5-12-8(3)9(6-10)7(2)11-12/h4-5H2,1-3H3. The number of nitriles is 1. The van der Waals surface area contributed by atoms with Gasteiger partial charge < -0.3 is 0 Å². The SMILES string of the molecule is CCCn1nc(C)c(C#N)c1C. The van der Waals surface area contributed by atoms with Crippen LogP contribution in [-0.4, -0.2) is 9.78 Å². The van der Waals surface area contributed by atoms with Crippen LogP contribution in [0.25, 0.3) is 0 Å². The molecule has 0 saturated heterocycles. The summed E-state index contributed by atoms with van der Waals surface area (Å²) in [5.41, 5.74) is 2.55. The molecule has 0 unspecified atom stereocenters. The predicted molar refractivity (Wildman–Crippen MR) is 46.7 cm³/mol. The highest BCUT2D eigenvalue weighted by molar-refractivity contribution is 5.36. The lowest BCUT2D eigenvalue weighted by Crippen LogP contribution is -2.01. The Labute approximate surface area is 72.6 Å². The highest BCUT2D eigenvalue weighted by Gasteiger charge is 2.08. The second-order valence-corrected chi connectivity index (χ2v) is 2.88. The molecule has 12 heavy (non-hydrogen) atoms. The molecule has 0 spiro atoms. The summed E-state index contributed by atoms with van der Waals surface area (Å²) in [5, 5.41) is 13.0. The first kappa shape index (κ1) is 8.79. The Morgan fingerprint density at radius 1 is 1.50 bits per heavy atom. The number of hydrogen-bond donors (Lipinski definition) is 0. The lowest BCUT2D eigenvalue weighted by molar-refractivity contribution is 0.583. The summed E-state index contributed by atoms with van der Waals surface area (Å²) in [6.45, 7) is 6.81. The molecule has 1 aromatic heterocycles. The van der Waals surface area contributed by atoms with Crippen molar-refractivity contribution >= 4 is 0 Å². The maximum Gasteiger partial charge on any atom is 0.103 e. The van der Waals surface area contributed by atoms with Gasteiger partial charge in [0.2, 0.25) is 0 Å². The van der Waals surface area contributed by atoms with Gasteiger partial charge in [0.15, 0.2) is 0 Å². The van der Waals surface area contributed by atoms with E-state index < -0.39 is 0 Å². The van der Waals surface area contributed by atoms with E-state index in [-0.39, 0.29) is 0 Å². The Balaban J connectivity index is 3.10. The van der Waals surface area contributed by atoms with Crippen LogP contribution in [-0.2, 0) is 6.54 Å². The first-order valence-electron chi connectivity index (χ1n) is 4.14. The summed E-state index contributed by atoms with van der Waals surface area (Å²) in [5.74, 6) is 0. The van der Waals surface area contributed by atoms with Gasteiger partial charge in [-0.05, 0) is 20.3 Å². The second-order valence-electron chi connectivity index (χ2n) is 2.88. The summed E-state index contributed by atoms with van der Waals surface area (Å²) in [6.07, 6.45) is 1.05. The first-order valence-corrected chi connectivity index (χ1v) is 4.14. The minimum atomic E-state index is 0.725. The molecular weight excluding hydrogens is 150 g/mol. The number of aryl methyl sites for hydroxylation is 2. The van der Waals surface area contributed by atoms with Gasteiger partial charge in [0.05, 0.1) is 17.0 Å². The molecule has 0 bridgehead atoms. The van der Waals surface area contributed by atoms with Gasteiger partial charge >= 0.3 is 0 Å². The average molecular weight is 163 g/mol. The molecule has 0 saturated carbocycles. The fourth-order valence-electron chi connectivity index (χ4n) is 1.29. The third-order valence-corrected chi connectivity index (χ3v) is 1.93. The molecule has 1 aromatic rings. The van der Waals surface area contributed by atoms with Gasteiger partial charge in [-0.1, -0.05) is 6.92 Å². The molecule has 1 rings (SSSR count). The maximum atomic E-state index is 8.78. The van der Waals surface area contributed by atoms with Crippen LogP contribution in [0.4, 0.5) is 0 Å². The fraction of sp³-hybridized carbons (Fsp3) is 0.556. The van der Waals surface area contributed by atoms with Gasteiger partial charge in [0.25, 0.3) is 0 Å². The number of rotatable bonds is 2. The van der Waals surface area contributed by atoms with E-state index in [0.29, 0.717) is 0 Å². The van der Waals surface area contributed by atoms with E-state index in [2.05, 4.69) is 18.1 Å². The van der Waals surface area contributed by atoms with Crippen molar-refractivity contribution in [1.29, 1.82) is 5.26 Å². The summed E-state index contributed by atoms with van der Waals surface area (Å²) < 4.78 is 1.90. The first-order chi connectivity index (χ1) is 5.70. The minimum Gasteiger partial charge on any atom is -0.268 e. The Hall–Kier alpha value is -1.30. The molecule has 0 atom stereocenters. The van der Waals surface area contributed by atoms with Crippen molar-refractivity contribution in [1.82, 2.24) is 9.78 Å². The van der Waals surface area contributed by atoms with Crippen LogP contribution in [0.3, 0.4) is 0 Å². The smallest absolute Gasteiger partial charge is 0.103 e. The molecule has 0 radical (unpaired) electrons. The van der Waals surface area contributed by atoms with Crippen molar-refractivity contribution in [2.24, 2.45) is 0 Å². The summed E-state index contributed by atoms with van der Waals surface area (Å²) >= 11 is 0. The van der Waals surface area contributed by atoms with Gasteiger partial charge in [-0.25, -0.2) is 0 Å². The molecule has 64 valence electrons. The molecule has 3 heteroatoms. The van der Waals surface area contributed by atoms with Crippen LogP contribution in [0.1, 0.15) is 30.3 Å². The fourth-order valence-corrected chi connectivity index (χ4v) is 1.29. The molecule has 0 amide bonds. The van der Waals surface area contributed by atoms with E-state index in [1.165, 1.54) is 0 Å². The summed E-state index contributed by atoms with van der Waals surface area (Å²) in [7, 11) is 0. The van der Waals surface area contributed by atoms with Crippen LogP contribution in [0.2, 0.25) is 0 Å². The van der Waals surface area contributed by atoms with Gasteiger partial charge in [-0.2, -0.15) is 10.4 Å². The summed E-state index contributed by atoms with van der Waals surface area (Å²) in [6, 6.07) is 2.16. The third-order valence-electron chi connectivity index (χ3n) is 1.93. The van der Waals surface area contributed by atoms with Crippen LogP contribution in [0.15, 0.2) is 0 Å². The number of aromatic nitrogens is 2. The van der Waals surface area contributed by atoms with E-state index in [1.54, 1.807) is 0 Å². The molecule has 0 aliphatic rings.